The first-order valence-corrected chi connectivity index (χ1v) is 13.6. The maximum atomic E-state index is 14.0. The molecule has 0 radical (unpaired) electrons. The Bertz CT molecular complexity index is 1410. The van der Waals surface area contributed by atoms with Crippen molar-refractivity contribution in [3.05, 3.63) is 93.7 Å². The van der Waals surface area contributed by atoms with Crippen molar-refractivity contribution in [3.63, 3.8) is 0 Å². The van der Waals surface area contributed by atoms with Crippen LogP contribution < -0.4 is 10.1 Å². The number of rotatable bonds is 6. The first kappa shape index (κ1) is 27.9. The van der Waals surface area contributed by atoms with Gasteiger partial charge in [-0.1, -0.05) is 35.3 Å². The monoisotopic (exact) mass is 582 g/mol. The number of methoxy groups -OCH3 is 1. The van der Waals surface area contributed by atoms with Crippen LogP contribution in [0.2, 0.25) is 10.0 Å². The lowest BCUT2D eigenvalue weighted by Crippen LogP contribution is -2.59. The standard InChI is InChI=1S/C29H28Cl2N4O5/c1-39-22-7-4-5-19(15-22)28(38)35-25(26(36)33-17-21-6-2-3-12-32-21)18-40-29(35)10-13-34(14-11-29)27(37)20-8-9-23(30)24(31)16-20/h2-9,12,15-16,25H,10-11,13-14,17-18H2,1H3,(H,33,36)/t25-/m0/s1. The van der Waals surface area contributed by atoms with Crippen LogP contribution in [0, 0.1) is 0 Å². The van der Waals surface area contributed by atoms with E-state index in [2.05, 4.69) is 10.3 Å². The largest absolute Gasteiger partial charge is 0.497 e. The number of likely N-dealkylation sites (tertiary alicyclic amines) is 1. The molecule has 3 amide bonds. The Kier molecular flexibility index (Phi) is 8.25. The van der Waals surface area contributed by atoms with Crippen LogP contribution in [0.5, 0.6) is 5.75 Å². The Hall–Kier alpha value is -3.66. The summed E-state index contributed by atoms with van der Waals surface area (Å²) in [6, 6.07) is 16.2. The summed E-state index contributed by atoms with van der Waals surface area (Å²) < 4.78 is 11.6. The third-order valence-corrected chi connectivity index (χ3v) is 8.01. The fourth-order valence-electron chi connectivity index (χ4n) is 5.13. The fraction of sp³-hybridized carbons (Fsp3) is 0.310. The number of halogens is 2. The predicted octanol–water partition coefficient (Wildman–Crippen LogP) is 4.19. The summed E-state index contributed by atoms with van der Waals surface area (Å²) in [5.74, 6) is -0.355. The van der Waals surface area contributed by atoms with Crippen LogP contribution in [0.3, 0.4) is 0 Å². The number of nitrogens with zero attached hydrogens (tertiary/aromatic N) is 3. The van der Waals surface area contributed by atoms with Gasteiger partial charge in [-0.3, -0.25) is 24.3 Å². The van der Waals surface area contributed by atoms with E-state index in [-0.39, 0.29) is 30.9 Å². The summed E-state index contributed by atoms with van der Waals surface area (Å²) in [5, 5.41) is 3.56. The SMILES string of the molecule is COc1cccc(C(=O)N2[C@H](C(=O)NCc3ccccn3)COC23CCN(C(=O)c2ccc(Cl)c(Cl)c2)CC3)c1. The third-order valence-electron chi connectivity index (χ3n) is 7.27. The van der Waals surface area contributed by atoms with E-state index in [1.54, 1.807) is 59.6 Å². The van der Waals surface area contributed by atoms with Crippen molar-refractivity contribution in [2.45, 2.75) is 31.2 Å². The number of aromatic nitrogens is 1. The van der Waals surface area contributed by atoms with Gasteiger partial charge in [-0.25, -0.2) is 0 Å². The molecular formula is C29H28Cl2N4O5. The van der Waals surface area contributed by atoms with Crippen molar-refractivity contribution < 1.29 is 23.9 Å². The van der Waals surface area contributed by atoms with Crippen molar-refractivity contribution in [1.82, 2.24) is 20.1 Å². The molecule has 2 saturated heterocycles. The van der Waals surface area contributed by atoms with Gasteiger partial charge in [0.05, 0.1) is 36.0 Å². The Labute approximate surface area is 242 Å². The highest BCUT2D eigenvalue weighted by molar-refractivity contribution is 6.42. The molecule has 11 heteroatoms. The molecule has 3 heterocycles. The third kappa shape index (κ3) is 5.63. The Balaban J connectivity index is 1.37. The molecule has 2 aliphatic heterocycles. The summed E-state index contributed by atoms with van der Waals surface area (Å²) in [4.78, 5) is 48.0. The number of hydrogen-bond acceptors (Lipinski definition) is 6. The van der Waals surface area contributed by atoms with Crippen LogP contribution in [0.1, 0.15) is 39.3 Å². The maximum absolute atomic E-state index is 14.0. The van der Waals surface area contributed by atoms with E-state index in [0.29, 0.717) is 58.5 Å². The quantitative estimate of drug-likeness (QED) is 0.467. The lowest BCUT2D eigenvalue weighted by molar-refractivity contribution is -0.128. The van der Waals surface area contributed by atoms with Crippen LogP contribution in [0.15, 0.2) is 66.9 Å². The van der Waals surface area contributed by atoms with E-state index in [4.69, 9.17) is 32.7 Å². The van der Waals surface area contributed by atoms with Crippen molar-refractivity contribution in [1.29, 1.82) is 0 Å². The van der Waals surface area contributed by atoms with Gasteiger partial charge < -0.3 is 19.7 Å². The number of carbonyl (C=O) groups is 3. The smallest absolute Gasteiger partial charge is 0.257 e. The number of ether oxygens (including phenoxy) is 2. The first-order chi connectivity index (χ1) is 19.3. The Morgan fingerprint density at radius 2 is 1.77 bits per heavy atom. The molecule has 1 spiro atoms. The second-order valence-electron chi connectivity index (χ2n) is 9.64. The molecule has 5 rings (SSSR count). The van der Waals surface area contributed by atoms with E-state index in [0.717, 1.165) is 0 Å². The molecule has 0 bridgehead atoms. The number of hydrogen-bond donors (Lipinski definition) is 1. The van der Waals surface area contributed by atoms with E-state index < -0.39 is 11.8 Å². The van der Waals surface area contributed by atoms with Gasteiger partial charge >= 0.3 is 0 Å². The number of piperidine rings is 1. The second-order valence-corrected chi connectivity index (χ2v) is 10.5. The lowest BCUT2D eigenvalue weighted by Gasteiger charge is -2.44. The highest BCUT2D eigenvalue weighted by Gasteiger charge is 2.54. The van der Waals surface area contributed by atoms with Gasteiger partial charge in [0.15, 0.2) is 0 Å². The van der Waals surface area contributed by atoms with E-state index in [9.17, 15) is 14.4 Å². The number of benzene rings is 2. The topological polar surface area (TPSA) is 101 Å². The molecule has 0 saturated carbocycles. The molecular weight excluding hydrogens is 555 g/mol. The summed E-state index contributed by atoms with van der Waals surface area (Å²) in [6.07, 6.45) is 2.32. The van der Waals surface area contributed by atoms with Crippen molar-refractivity contribution >= 4 is 40.9 Å². The average molecular weight is 583 g/mol. The molecule has 1 N–H and O–H groups in total. The van der Waals surface area contributed by atoms with Gasteiger partial charge in [0.2, 0.25) is 5.91 Å². The van der Waals surface area contributed by atoms with Crippen molar-refractivity contribution in [2.24, 2.45) is 0 Å². The molecule has 9 nitrogen and oxygen atoms in total. The van der Waals surface area contributed by atoms with Crippen molar-refractivity contribution in [2.75, 3.05) is 26.8 Å². The van der Waals surface area contributed by atoms with E-state index in [1.807, 2.05) is 12.1 Å². The molecule has 1 aromatic heterocycles. The van der Waals surface area contributed by atoms with Crippen LogP contribution in [-0.2, 0) is 16.1 Å². The van der Waals surface area contributed by atoms with Gasteiger partial charge in [0, 0.05) is 43.3 Å². The summed E-state index contributed by atoms with van der Waals surface area (Å²) in [5.41, 5.74) is 0.445. The van der Waals surface area contributed by atoms with Crippen LogP contribution >= 0.6 is 23.2 Å². The summed E-state index contributed by atoms with van der Waals surface area (Å²) in [7, 11) is 1.53. The van der Waals surface area contributed by atoms with Gasteiger partial charge in [-0.15, -0.1) is 0 Å². The van der Waals surface area contributed by atoms with Crippen LogP contribution in [-0.4, -0.2) is 71.1 Å². The zero-order valence-corrected chi connectivity index (χ0v) is 23.3. The molecule has 2 aromatic carbocycles. The number of nitrogens with one attached hydrogen (secondary N) is 1. The van der Waals surface area contributed by atoms with Crippen molar-refractivity contribution in [3.8, 4) is 5.75 Å². The van der Waals surface area contributed by atoms with Gasteiger partial charge in [-0.2, -0.15) is 0 Å². The first-order valence-electron chi connectivity index (χ1n) is 12.8. The summed E-state index contributed by atoms with van der Waals surface area (Å²) >= 11 is 12.1. The molecule has 1 atom stereocenters. The minimum absolute atomic E-state index is 0.0322. The highest BCUT2D eigenvalue weighted by Crippen LogP contribution is 2.39. The minimum Gasteiger partial charge on any atom is -0.497 e. The number of amides is 3. The molecule has 40 heavy (non-hydrogen) atoms. The highest BCUT2D eigenvalue weighted by atomic mass is 35.5. The Morgan fingerprint density at radius 3 is 2.48 bits per heavy atom. The number of pyridine rings is 1. The molecule has 3 aromatic rings. The molecule has 2 aliphatic rings. The molecule has 208 valence electrons. The molecule has 0 unspecified atom stereocenters. The van der Waals surface area contributed by atoms with E-state index >= 15 is 0 Å². The maximum Gasteiger partial charge on any atom is 0.257 e. The van der Waals surface area contributed by atoms with Gasteiger partial charge in [0.25, 0.3) is 11.8 Å². The normalized spacial score (nSPS) is 18.0. The molecule has 0 aliphatic carbocycles. The van der Waals surface area contributed by atoms with Crippen LogP contribution in [0.4, 0.5) is 0 Å². The Morgan fingerprint density at radius 1 is 1.00 bits per heavy atom. The van der Waals surface area contributed by atoms with E-state index in [1.165, 1.54) is 12.0 Å². The zero-order valence-electron chi connectivity index (χ0n) is 21.8. The number of carbonyl (C=O) groups excluding carboxylic acids is 3. The van der Waals surface area contributed by atoms with Crippen LogP contribution in [0.25, 0.3) is 0 Å². The van der Waals surface area contributed by atoms with Gasteiger partial charge in [0.1, 0.15) is 17.5 Å². The lowest BCUT2D eigenvalue weighted by atomic mass is 9.96. The van der Waals surface area contributed by atoms with Gasteiger partial charge in [-0.05, 0) is 48.5 Å². The zero-order chi connectivity index (χ0) is 28.3. The predicted molar refractivity (Wildman–Crippen MR) is 149 cm³/mol. The second kappa shape index (κ2) is 11.8. The minimum atomic E-state index is -1.05. The fourth-order valence-corrected chi connectivity index (χ4v) is 5.43. The average Bonchev–Trinajstić information content (AvgIpc) is 3.35. The molecule has 2 fully saturated rings. The summed E-state index contributed by atoms with van der Waals surface area (Å²) in [6.45, 7) is 0.896.